The van der Waals surface area contributed by atoms with Crippen LogP contribution in [0, 0.1) is 0 Å². The molecule has 0 heterocycles. The molecule has 5 heteroatoms. The Morgan fingerprint density at radius 1 is 0.517 bits per heavy atom. The van der Waals surface area contributed by atoms with Gasteiger partial charge in [-0.3, -0.25) is 0 Å². The van der Waals surface area contributed by atoms with Crippen molar-refractivity contribution >= 4 is 11.9 Å². The summed E-state index contributed by atoms with van der Waals surface area (Å²) in [6, 6.07) is 0. The number of unbranched alkanes of at least 4 members (excludes halogenated alkanes) is 10. The van der Waals surface area contributed by atoms with E-state index in [4.69, 9.17) is 0 Å². The van der Waals surface area contributed by atoms with Crippen LogP contribution in [-0.2, 0) is 32.8 Å². The van der Waals surface area contributed by atoms with Gasteiger partial charge in [-0.1, -0.05) is 65.2 Å². The second-order valence-corrected chi connectivity index (χ2v) is 11.2. The minimum atomic E-state index is -0.920. The Bertz CT molecular complexity index is 292. The Morgan fingerprint density at radius 3 is 1.10 bits per heavy atom. The van der Waals surface area contributed by atoms with Crippen molar-refractivity contribution in [1.82, 2.24) is 0 Å². The third kappa shape index (κ3) is 47.2. The van der Waals surface area contributed by atoms with Crippen LogP contribution in [0.3, 0.4) is 0 Å². The van der Waals surface area contributed by atoms with Crippen molar-refractivity contribution in [3.05, 3.63) is 0 Å². The van der Waals surface area contributed by atoms with Crippen molar-refractivity contribution in [2.75, 3.05) is 0 Å². The number of aliphatic carboxylic acids is 2. The standard InChI is InChI=1S/2C8H16O2.2C4H9.Zr/c2*1-2-3-4-5-6-7-8(9)10;2*1-3-4-2;/h2*2-7H2,1H3,(H,9,10);2*1,3-4H2,2H3;/q;;;;+2/p-2. The Balaban J connectivity index is -0.000000350. The molecule has 0 fully saturated rings. The molecule has 0 saturated heterocycles. The van der Waals surface area contributed by atoms with E-state index < -0.39 is 11.9 Å². The molecule has 0 saturated carbocycles. The Labute approximate surface area is 193 Å². The molecule has 0 bridgehead atoms. The van der Waals surface area contributed by atoms with E-state index in [2.05, 4.69) is 27.7 Å². The first-order valence-electron chi connectivity index (χ1n) is 12.1. The van der Waals surface area contributed by atoms with E-state index in [1.807, 2.05) is 0 Å². The van der Waals surface area contributed by atoms with E-state index in [0.717, 1.165) is 38.5 Å². The number of carboxylic acids is 2. The van der Waals surface area contributed by atoms with Crippen LogP contribution in [0.2, 0.25) is 8.26 Å². The molecule has 0 aromatic carbocycles. The molecule has 0 aromatic heterocycles. The fourth-order valence-corrected chi connectivity index (χ4v) is 6.06. The number of hydrogen-bond donors (Lipinski definition) is 0. The van der Waals surface area contributed by atoms with Crippen molar-refractivity contribution < 1.29 is 43.0 Å². The van der Waals surface area contributed by atoms with E-state index in [1.165, 1.54) is 51.4 Å². The number of carboxylic acid groups (broad SMARTS) is 2. The molecule has 0 aromatic rings. The quantitative estimate of drug-likeness (QED) is 0.230. The molecule has 0 aliphatic carbocycles. The summed E-state index contributed by atoms with van der Waals surface area (Å²) in [7, 11) is 0. The average Bonchev–Trinajstić information content (AvgIpc) is 2.68. The molecule has 172 valence electrons. The van der Waals surface area contributed by atoms with Gasteiger partial charge in [0.15, 0.2) is 0 Å². The zero-order valence-electron chi connectivity index (χ0n) is 19.9. The predicted octanol–water partition coefficient (Wildman–Crippen LogP) is 5.70. The Kier molecular flexibility index (Phi) is 37.5. The third-order valence-electron chi connectivity index (χ3n) is 4.38. The minimum absolute atomic E-state index is 0.149. The molecule has 0 spiro atoms. The SMILES string of the molecule is CCCCCCCC(=O)[O-].CCCCCCCC(=O)[O-].CCC[CH2][Zr+2][CH2]CCC. The maximum atomic E-state index is 9.92. The number of hydrogen-bond acceptors (Lipinski definition) is 4. The Hall–Kier alpha value is -0.177. The van der Waals surface area contributed by atoms with E-state index in [1.54, 1.807) is 8.26 Å². The number of rotatable bonds is 18. The summed E-state index contributed by atoms with van der Waals surface area (Å²) in [4.78, 5) is 19.8. The molecule has 0 N–H and O–H groups in total. The zero-order chi connectivity index (χ0) is 22.6. The van der Waals surface area contributed by atoms with Crippen LogP contribution >= 0.6 is 0 Å². The second-order valence-electron chi connectivity index (χ2n) is 7.53. The first-order chi connectivity index (χ1) is 14.0. The molecule has 0 atom stereocenters. The number of carbonyl (C=O) groups is 2. The van der Waals surface area contributed by atoms with E-state index in [9.17, 15) is 19.8 Å². The fourth-order valence-electron chi connectivity index (χ4n) is 2.47. The van der Waals surface area contributed by atoms with Gasteiger partial charge in [0.2, 0.25) is 0 Å². The van der Waals surface area contributed by atoms with Crippen LogP contribution in [0.5, 0.6) is 0 Å². The first kappa shape index (κ1) is 33.5. The van der Waals surface area contributed by atoms with Crippen LogP contribution in [0.15, 0.2) is 0 Å². The zero-order valence-corrected chi connectivity index (χ0v) is 22.3. The van der Waals surface area contributed by atoms with Gasteiger partial charge in [-0.15, -0.1) is 0 Å². The van der Waals surface area contributed by atoms with Crippen molar-refractivity contribution in [3.8, 4) is 0 Å². The van der Waals surface area contributed by atoms with Crippen molar-refractivity contribution in [2.24, 2.45) is 0 Å². The summed E-state index contributed by atoms with van der Waals surface area (Å²) in [5.74, 6) is -1.84. The van der Waals surface area contributed by atoms with Gasteiger partial charge in [0, 0.05) is 11.9 Å². The van der Waals surface area contributed by atoms with Gasteiger partial charge < -0.3 is 19.8 Å². The summed E-state index contributed by atoms with van der Waals surface area (Å²) < 4.78 is 3.25. The molecule has 0 aliphatic rings. The normalized spacial score (nSPS) is 9.52. The second kappa shape index (κ2) is 32.5. The fraction of sp³-hybridized carbons (Fsp3) is 0.917. The summed E-state index contributed by atoms with van der Waals surface area (Å²) in [5.41, 5.74) is 0. The average molecular weight is 492 g/mol. The first-order valence-corrected chi connectivity index (χ1v) is 15.5. The maximum absolute atomic E-state index is 9.92. The summed E-state index contributed by atoms with van der Waals surface area (Å²) in [6.07, 6.45) is 17.1. The van der Waals surface area contributed by atoms with Crippen molar-refractivity contribution in [3.63, 3.8) is 0 Å². The van der Waals surface area contributed by atoms with Gasteiger partial charge in [0.25, 0.3) is 0 Å². The monoisotopic (exact) mass is 490 g/mol. The van der Waals surface area contributed by atoms with Gasteiger partial charge in [-0.05, 0) is 25.7 Å². The van der Waals surface area contributed by atoms with Crippen LogP contribution in [0.4, 0.5) is 0 Å². The molecule has 4 nitrogen and oxygen atoms in total. The van der Waals surface area contributed by atoms with E-state index in [-0.39, 0.29) is 36.1 Å². The van der Waals surface area contributed by atoms with Crippen molar-refractivity contribution in [1.29, 1.82) is 0 Å². The summed E-state index contributed by atoms with van der Waals surface area (Å²) in [6.45, 7) is 8.86. The van der Waals surface area contributed by atoms with E-state index >= 15 is 0 Å². The van der Waals surface area contributed by atoms with Crippen LogP contribution in [0.1, 0.15) is 130 Å². The van der Waals surface area contributed by atoms with Crippen LogP contribution in [-0.4, -0.2) is 11.9 Å². The number of carbonyl (C=O) groups excluding carboxylic acids is 2. The topological polar surface area (TPSA) is 80.3 Å². The van der Waals surface area contributed by atoms with Crippen LogP contribution in [0.25, 0.3) is 0 Å². The van der Waals surface area contributed by atoms with Gasteiger partial charge in [-0.2, -0.15) is 0 Å². The molecular weight excluding hydrogens is 443 g/mol. The molecule has 0 rings (SSSR count). The third-order valence-corrected chi connectivity index (χ3v) is 7.86. The van der Waals surface area contributed by atoms with Gasteiger partial charge in [-0.25, -0.2) is 0 Å². The molecule has 0 unspecified atom stereocenters. The summed E-state index contributed by atoms with van der Waals surface area (Å²) >= 11 is 0.149. The molecule has 0 aliphatic heterocycles. The Morgan fingerprint density at radius 2 is 0.828 bits per heavy atom. The molecule has 0 radical (unpaired) electrons. The molecule has 0 amide bonds. The predicted molar refractivity (Wildman–Crippen MR) is 116 cm³/mol. The van der Waals surface area contributed by atoms with Gasteiger partial charge in [0.1, 0.15) is 0 Å². The van der Waals surface area contributed by atoms with E-state index in [0.29, 0.717) is 0 Å². The van der Waals surface area contributed by atoms with Crippen LogP contribution < -0.4 is 10.2 Å². The van der Waals surface area contributed by atoms with Gasteiger partial charge >= 0.3 is 71.0 Å². The summed E-state index contributed by atoms with van der Waals surface area (Å²) in [5, 5.41) is 19.8. The van der Waals surface area contributed by atoms with Crippen molar-refractivity contribution in [2.45, 2.75) is 139 Å². The molecule has 29 heavy (non-hydrogen) atoms. The molecular formula is C24H48O4Zr. The van der Waals surface area contributed by atoms with Gasteiger partial charge in [0.05, 0.1) is 0 Å².